The van der Waals surface area contributed by atoms with Crippen molar-refractivity contribution in [1.82, 2.24) is 19.7 Å². The Balaban J connectivity index is 1.49. The first kappa shape index (κ1) is 16.8. The normalized spacial score (nSPS) is 13.5. The molecule has 0 fully saturated rings. The van der Waals surface area contributed by atoms with Crippen LogP contribution in [0, 0.1) is 0 Å². The molecule has 1 N–H and O–H groups in total. The minimum absolute atomic E-state index is 0.0244. The lowest BCUT2D eigenvalue weighted by atomic mass is 10.2. The fraction of sp³-hybridized carbons (Fsp3) is 0.471. The average molecular weight is 346 g/mol. The van der Waals surface area contributed by atoms with Crippen LogP contribution in [-0.4, -0.2) is 33.1 Å². The van der Waals surface area contributed by atoms with Crippen LogP contribution in [0.4, 0.5) is 0 Å². The Morgan fingerprint density at radius 1 is 1.29 bits per heavy atom. The van der Waals surface area contributed by atoms with Crippen LogP contribution in [0.15, 0.2) is 34.0 Å². The summed E-state index contributed by atoms with van der Waals surface area (Å²) in [7, 11) is 0. The highest BCUT2D eigenvalue weighted by atomic mass is 32.2. The molecule has 0 radical (unpaired) electrons. The topological polar surface area (TPSA) is 68.9 Å². The van der Waals surface area contributed by atoms with Crippen LogP contribution >= 0.6 is 11.8 Å². The smallest absolute Gasteiger partial charge is 0.345 e. The number of rotatable bonds is 6. The monoisotopic (exact) mass is 346 g/mol. The van der Waals surface area contributed by atoms with Gasteiger partial charge in [0.2, 0.25) is 0 Å². The highest BCUT2D eigenvalue weighted by Gasteiger charge is 2.16. The molecule has 0 unspecified atom stereocenters. The molecule has 2 heterocycles. The number of aromatic nitrogens is 3. The van der Waals surface area contributed by atoms with Crippen molar-refractivity contribution in [3.63, 3.8) is 0 Å². The molecule has 0 bridgehead atoms. The molecule has 0 aliphatic carbocycles. The van der Waals surface area contributed by atoms with E-state index >= 15 is 0 Å². The van der Waals surface area contributed by atoms with E-state index in [-0.39, 0.29) is 11.6 Å². The van der Waals surface area contributed by atoms with Crippen LogP contribution in [0.3, 0.4) is 0 Å². The summed E-state index contributed by atoms with van der Waals surface area (Å²) >= 11 is 1.65. The van der Waals surface area contributed by atoms with Gasteiger partial charge < -0.3 is 5.32 Å². The second kappa shape index (κ2) is 7.70. The number of benzene rings is 1. The van der Waals surface area contributed by atoms with Crippen molar-refractivity contribution >= 4 is 17.7 Å². The quantitative estimate of drug-likeness (QED) is 0.641. The number of aryl methyl sites for hydroxylation is 2. The van der Waals surface area contributed by atoms with Gasteiger partial charge in [0.05, 0.1) is 0 Å². The molecule has 3 rings (SSSR count). The lowest BCUT2D eigenvalue weighted by Crippen LogP contribution is -2.29. The number of hydrogen-bond donors (Lipinski definition) is 1. The van der Waals surface area contributed by atoms with Gasteiger partial charge in [-0.2, -0.15) is 5.10 Å². The van der Waals surface area contributed by atoms with Gasteiger partial charge in [0.15, 0.2) is 0 Å². The van der Waals surface area contributed by atoms with E-state index in [4.69, 9.17) is 0 Å². The van der Waals surface area contributed by atoms with E-state index in [9.17, 15) is 9.59 Å². The molecule has 0 saturated carbocycles. The van der Waals surface area contributed by atoms with Gasteiger partial charge >= 0.3 is 5.69 Å². The van der Waals surface area contributed by atoms with E-state index in [0.29, 0.717) is 25.1 Å². The Morgan fingerprint density at radius 2 is 2.08 bits per heavy atom. The van der Waals surface area contributed by atoms with Crippen LogP contribution in [-0.2, 0) is 19.5 Å². The Kier molecular flexibility index (Phi) is 5.40. The standard InChI is InChI=1S/C17H22N4O2S/c1-24-14-8-6-13(7-9-14)16(22)18-10-4-12-21-17(23)20-11-3-2-5-15(20)19-21/h6-9H,2-5,10-12H2,1H3,(H,18,22). The summed E-state index contributed by atoms with van der Waals surface area (Å²) in [6.07, 6.45) is 5.71. The SMILES string of the molecule is CSc1ccc(C(=O)NCCCn2nc3n(c2=O)CCCC3)cc1. The molecule has 0 atom stereocenters. The Bertz CT molecular complexity index is 764. The maximum Gasteiger partial charge on any atom is 0.345 e. The largest absolute Gasteiger partial charge is 0.352 e. The number of nitrogens with one attached hydrogen (secondary N) is 1. The second-order valence-corrected chi connectivity index (χ2v) is 6.75. The summed E-state index contributed by atoms with van der Waals surface area (Å²) in [5, 5.41) is 7.29. The van der Waals surface area contributed by atoms with Crippen molar-refractivity contribution < 1.29 is 4.79 Å². The number of hydrogen-bond acceptors (Lipinski definition) is 4. The zero-order valence-corrected chi connectivity index (χ0v) is 14.6. The summed E-state index contributed by atoms with van der Waals surface area (Å²) in [6, 6.07) is 7.54. The molecule has 0 saturated heterocycles. The molecule has 24 heavy (non-hydrogen) atoms. The van der Waals surface area contributed by atoms with Crippen LogP contribution < -0.4 is 11.0 Å². The Hall–Kier alpha value is -2.02. The number of carbonyl (C=O) groups excluding carboxylic acids is 1. The number of nitrogens with zero attached hydrogens (tertiary/aromatic N) is 3. The van der Waals surface area contributed by atoms with Crippen molar-refractivity contribution in [2.45, 2.75) is 43.7 Å². The van der Waals surface area contributed by atoms with Gasteiger partial charge in [-0.3, -0.25) is 9.36 Å². The summed E-state index contributed by atoms with van der Waals surface area (Å²) < 4.78 is 3.30. The van der Waals surface area contributed by atoms with Crippen molar-refractivity contribution in [2.75, 3.05) is 12.8 Å². The van der Waals surface area contributed by atoms with Gasteiger partial charge in [0, 0.05) is 36.5 Å². The number of carbonyl (C=O) groups is 1. The third-order valence-electron chi connectivity index (χ3n) is 4.22. The van der Waals surface area contributed by atoms with Gasteiger partial charge in [-0.15, -0.1) is 11.8 Å². The Morgan fingerprint density at radius 3 is 2.79 bits per heavy atom. The number of thioether (sulfide) groups is 1. The summed E-state index contributed by atoms with van der Waals surface area (Å²) in [5.41, 5.74) is 0.631. The van der Waals surface area contributed by atoms with Crippen molar-refractivity contribution in [3.8, 4) is 0 Å². The minimum atomic E-state index is -0.0841. The summed E-state index contributed by atoms with van der Waals surface area (Å²) in [5.74, 6) is 0.809. The second-order valence-electron chi connectivity index (χ2n) is 5.87. The fourth-order valence-corrected chi connectivity index (χ4v) is 3.28. The van der Waals surface area contributed by atoms with E-state index < -0.39 is 0 Å². The van der Waals surface area contributed by atoms with Crippen LogP contribution in [0.2, 0.25) is 0 Å². The highest BCUT2D eigenvalue weighted by molar-refractivity contribution is 7.98. The van der Waals surface area contributed by atoms with Gasteiger partial charge in [-0.1, -0.05) is 0 Å². The maximum absolute atomic E-state index is 12.2. The lowest BCUT2D eigenvalue weighted by Gasteiger charge is -2.09. The first-order valence-corrected chi connectivity index (χ1v) is 9.50. The molecule has 7 heteroatoms. The van der Waals surface area contributed by atoms with Crippen molar-refractivity contribution in [1.29, 1.82) is 0 Å². The molecule has 2 aromatic rings. The molecule has 1 aromatic carbocycles. The summed E-state index contributed by atoms with van der Waals surface area (Å²) in [4.78, 5) is 25.4. The predicted octanol–water partition coefficient (Wildman–Crippen LogP) is 1.92. The molecular weight excluding hydrogens is 324 g/mol. The fourth-order valence-electron chi connectivity index (χ4n) is 2.87. The van der Waals surface area contributed by atoms with Crippen molar-refractivity contribution in [3.05, 3.63) is 46.1 Å². The van der Waals surface area contributed by atoms with E-state index in [1.807, 2.05) is 30.5 Å². The molecule has 1 amide bonds. The van der Waals surface area contributed by atoms with Gasteiger partial charge in [-0.05, 0) is 49.8 Å². The van der Waals surface area contributed by atoms with Gasteiger partial charge in [0.1, 0.15) is 5.82 Å². The molecular formula is C17H22N4O2S. The van der Waals surface area contributed by atoms with E-state index in [1.165, 1.54) is 4.68 Å². The predicted molar refractivity (Wildman–Crippen MR) is 94.6 cm³/mol. The third kappa shape index (κ3) is 3.72. The van der Waals surface area contributed by atoms with Gasteiger partial charge in [0.25, 0.3) is 5.91 Å². The molecule has 0 spiro atoms. The molecule has 6 nitrogen and oxygen atoms in total. The van der Waals surface area contributed by atoms with E-state index in [2.05, 4.69) is 10.4 Å². The lowest BCUT2D eigenvalue weighted by molar-refractivity contribution is 0.0952. The first-order valence-electron chi connectivity index (χ1n) is 8.28. The number of fused-ring (bicyclic) bond motifs is 1. The first-order chi connectivity index (χ1) is 11.7. The third-order valence-corrected chi connectivity index (χ3v) is 4.96. The average Bonchev–Trinajstić information content (AvgIpc) is 2.95. The Labute approximate surface area is 145 Å². The zero-order chi connectivity index (χ0) is 16.9. The van der Waals surface area contributed by atoms with E-state index in [1.54, 1.807) is 16.3 Å². The molecule has 1 aliphatic heterocycles. The zero-order valence-electron chi connectivity index (χ0n) is 13.8. The van der Waals surface area contributed by atoms with Crippen LogP contribution in [0.5, 0.6) is 0 Å². The van der Waals surface area contributed by atoms with E-state index in [0.717, 1.165) is 36.5 Å². The summed E-state index contributed by atoms with van der Waals surface area (Å²) in [6.45, 7) is 1.83. The minimum Gasteiger partial charge on any atom is -0.352 e. The molecule has 128 valence electrons. The molecule has 1 aromatic heterocycles. The van der Waals surface area contributed by atoms with Gasteiger partial charge in [-0.25, -0.2) is 9.48 Å². The number of amides is 1. The van der Waals surface area contributed by atoms with Crippen LogP contribution in [0.1, 0.15) is 35.4 Å². The highest BCUT2D eigenvalue weighted by Crippen LogP contribution is 2.14. The van der Waals surface area contributed by atoms with Crippen LogP contribution in [0.25, 0.3) is 0 Å². The maximum atomic E-state index is 12.2. The molecule has 1 aliphatic rings. The van der Waals surface area contributed by atoms with Crippen molar-refractivity contribution in [2.24, 2.45) is 0 Å².